The molecule has 3 nitrogen and oxygen atoms in total. The van der Waals surface area contributed by atoms with Gasteiger partial charge in [0.05, 0.1) is 0 Å². The molecule has 1 aromatic carbocycles. The second kappa shape index (κ2) is 5.50. The van der Waals surface area contributed by atoms with E-state index in [2.05, 4.69) is 0 Å². The summed E-state index contributed by atoms with van der Waals surface area (Å²) in [6, 6.07) is 6.50. The molecule has 7 heteroatoms. The van der Waals surface area contributed by atoms with Gasteiger partial charge in [-0.1, -0.05) is 23.7 Å². The molecule has 21 heavy (non-hydrogen) atoms. The summed E-state index contributed by atoms with van der Waals surface area (Å²) in [7, 11) is 0. The molecule has 0 amide bonds. The van der Waals surface area contributed by atoms with E-state index in [1.807, 2.05) is 0 Å². The van der Waals surface area contributed by atoms with Crippen molar-refractivity contribution < 1.29 is 23.1 Å². The van der Waals surface area contributed by atoms with Gasteiger partial charge in [-0.25, -0.2) is 0 Å². The summed E-state index contributed by atoms with van der Waals surface area (Å²) in [5.74, 6) is -1.80. The van der Waals surface area contributed by atoms with Crippen LogP contribution in [0.1, 0.15) is 24.9 Å². The van der Waals surface area contributed by atoms with E-state index in [0.29, 0.717) is 5.02 Å². The quantitative estimate of drug-likeness (QED) is 0.922. The summed E-state index contributed by atoms with van der Waals surface area (Å²) in [4.78, 5) is 12.7. The Balaban J connectivity index is 2.21. The third kappa shape index (κ3) is 2.87. The minimum Gasteiger partial charge on any atom is -0.481 e. The SMILES string of the molecule is CC(c1ccc(Cl)cc1)N1CCC(C(=O)O)(C(F)(F)F)C1. The average Bonchev–Trinajstić information content (AvgIpc) is 2.84. The molecule has 2 atom stereocenters. The predicted molar refractivity (Wildman–Crippen MR) is 72.2 cm³/mol. The van der Waals surface area contributed by atoms with Gasteiger partial charge in [-0.3, -0.25) is 9.69 Å². The smallest absolute Gasteiger partial charge is 0.406 e. The van der Waals surface area contributed by atoms with E-state index in [1.54, 1.807) is 36.1 Å². The van der Waals surface area contributed by atoms with Crippen LogP contribution in [-0.4, -0.2) is 35.2 Å². The highest BCUT2D eigenvalue weighted by molar-refractivity contribution is 6.30. The number of carboxylic acid groups (broad SMARTS) is 1. The number of carboxylic acids is 1. The van der Waals surface area contributed by atoms with Crippen LogP contribution in [0, 0.1) is 5.41 Å². The fourth-order valence-electron chi connectivity index (χ4n) is 2.65. The molecule has 0 spiro atoms. The zero-order valence-corrected chi connectivity index (χ0v) is 12.1. The predicted octanol–water partition coefficient (Wildman–Crippen LogP) is 3.74. The van der Waals surface area contributed by atoms with Crippen molar-refractivity contribution in [3.05, 3.63) is 34.9 Å². The van der Waals surface area contributed by atoms with Gasteiger partial charge in [-0.15, -0.1) is 0 Å². The molecular weight excluding hydrogens is 307 g/mol. The Hall–Kier alpha value is -1.27. The minimum absolute atomic E-state index is 0.0929. The van der Waals surface area contributed by atoms with Gasteiger partial charge in [0.15, 0.2) is 5.41 Å². The molecule has 1 N–H and O–H groups in total. The molecule has 0 radical (unpaired) electrons. The van der Waals surface area contributed by atoms with Crippen LogP contribution in [0.3, 0.4) is 0 Å². The number of hydrogen-bond acceptors (Lipinski definition) is 2. The van der Waals surface area contributed by atoms with Gasteiger partial charge < -0.3 is 5.11 Å². The minimum atomic E-state index is -4.76. The largest absolute Gasteiger partial charge is 0.481 e. The Labute approximate surface area is 125 Å². The first-order valence-electron chi connectivity index (χ1n) is 6.47. The fraction of sp³-hybridized carbons (Fsp3) is 0.500. The lowest BCUT2D eigenvalue weighted by atomic mass is 9.86. The Morgan fingerprint density at radius 2 is 1.95 bits per heavy atom. The fourth-order valence-corrected chi connectivity index (χ4v) is 2.78. The van der Waals surface area contributed by atoms with E-state index in [4.69, 9.17) is 16.7 Å². The number of nitrogens with zero attached hydrogens (tertiary/aromatic N) is 1. The van der Waals surface area contributed by atoms with Crippen LogP contribution in [0.25, 0.3) is 0 Å². The third-order valence-corrected chi connectivity index (χ3v) is 4.40. The summed E-state index contributed by atoms with van der Waals surface area (Å²) in [6.07, 6.45) is -5.18. The second-order valence-corrected chi connectivity index (χ2v) is 5.77. The lowest BCUT2D eigenvalue weighted by Crippen LogP contribution is -2.47. The Morgan fingerprint density at radius 3 is 2.38 bits per heavy atom. The Kier molecular flexibility index (Phi) is 4.22. The third-order valence-electron chi connectivity index (χ3n) is 4.15. The highest BCUT2D eigenvalue weighted by Crippen LogP contribution is 2.47. The number of alkyl halides is 3. The van der Waals surface area contributed by atoms with Gasteiger partial charge in [0.1, 0.15) is 0 Å². The van der Waals surface area contributed by atoms with Crippen molar-refractivity contribution in [2.75, 3.05) is 13.1 Å². The van der Waals surface area contributed by atoms with Gasteiger partial charge in [0, 0.05) is 24.2 Å². The maximum absolute atomic E-state index is 13.1. The van der Waals surface area contributed by atoms with Gasteiger partial charge >= 0.3 is 12.1 Å². The van der Waals surface area contributed by atoms with Crippen LogP contribution in [0.15, 0.2) is 24.3 Å². The maximum atomic E-state index is 13.1. The molecule has 1 heterocycles. The molecular formula is C14H15ClF3NO2. The molecule has 1 aliphatic heterocycles. The number of carbonyl (C=O) groups is 1. The molecule has 0 bridgehead atoms. The van der Waals surface area contributed by atoms with Gasteiger partial charge in [0.2, 0.25) is 0 Å². The van der Waals surface area contributed by atoms with Gasteiger partial charge in [0.25, 0.3) is 0 Å². The van der Waals surface area contributed by atoms with E-state index in [1.165, 1.54) is 0 Å². The van der Waals surface area contributed by atoms with Crippen molar-refractivity contribution >= 4 is 17.6 Å². The number of benzene rings is 1. The molecule has 2 unspecified atom stereocenters. The van der Waals surface area contributed by atoms with Crippen molar-refractivity contribution in [2.45, 2.75) is 25.6 Å². The molecule has 0 aromatic heterocycles. The van der Waals surface area contributed by atoms with E-state index in [-0.39, 0.29) is 12.6 Å². The number of aliphatic carboxylic acids is 1. The van der Waals surface area contributed by atoms with Crippen molar-refractivity contribution in [3.8, 4) is 0 Å². The molecule has 1 saturated heterocycles. The second-order valence-electron chi connectivity index (χ2n) is 5.33. The number of rotatable bonds is 3. The van der Waals surface area contributed by atoms with Crippen LogP contribution in [0.5, 0.6) is 0 Å². The van der Waals surface area contributed by atoms with Crippen LogP contribution >= 0.6 is 11.6 Å². The maximum Gasteiger partial charge on any atom is 0.406 e. The average molecular weight is 322 g/mol. The van der Waals surface area contributed by atoms with Crippen LogP contribution in [-0.2, 0) is 4.79 Å². The van der Waals surface area contributed by atoms with Gasteiger partial charge in [-0.2, -0.15) is 13.2 Å². The summed E-state index contributed by atoms with van der Waals surface area (Å²) >= 11 is 5.78. The molecule has 0 aliphatic carbocycles. The molecule has 2 rings (SSSR count). The summed E-state index contributed by atoms with van der Waals surface area (Å²) in [5.41, 5.74) is -1.86. The number of likely N-dealkylation sites (tertiary alicyclic amines) is 1. The Bertz CT molecular complexity index is 532. The van der Waals surface area contributed by atoms with E-state index in [0.717, 1.165) is 5.56 Å². The molecule has 116 valence electrons. The molecule has 0 saturated carbocycles. The first kappa shape index (κ1) is 16.1. The summed E-state index contributed by atoms with van der Waals surface area (Å²) < 4.78 is 39.4. The standard InChI is InChI=1S/C14H15ClF3NO2/c1-9(10-2-4-11(15)5-3-10)19-7-6-13(8-19,12(20)21)14(16,17)18/h2-5,9H,6-8H2,1H3,(H,20,21). The first-order chi connectivity index (χ1) is 9.67. The summed E-state index contributed by atoms with van der Waals surface area (Å²) in [6.45, 7) is 1.32. The zero-order valence-electron chi connectivity index (χ0n) is 11.3. The highest BCUT2D eigenvalue weighted by atomic mass is 35.5. The normalized spacial score (nSPS) is 25.0. The molecule has 1 fully saturated rings. The zero-order chi connectivity index (χ0) is 15.8. The lowest BCUT2D eigenvalue weighted by Gasteiger charge is -2.29. The highest BCUT2D eigenvalue weighted by Gasteiger charge is 2.63. The molecule has 1 aromatic rings. The van der Waals surface area contributed by atoms with Crippen LogP contribution in [0.2, 0.25) is 5.02 Å². The monoisotopic (exact) mass is 321 g/mol. The lowest BCUT2D eigenvalue weighted by molar-refractivity contribution is -0.227. The summed E-state index contributed by atoms with van der Waals surface area (Å²) in [5, 5.41) is 9.59. The van der Waals surface area contributed by atoms with Crippen LogP contribution < -0.4 is 0 Å². The van der Waals surface area contributed by atoms with Crippen molar-refractivity contribution in [2.24, 2.45) is 5.41 Å². The topological polar surface area (TPSA) is 40.5 Å². The van der Waals surface area contributed by atoms with Crippen molar-refractivity contribution in [1.29, 1.82) is 0 Å². The van der Waals surface area contributed by atoms with E-state index in [9.17, 15) is 18.0 Å². The molecule has 1 aliphatic rings. The van der Waals surface area contributed by atoms with Crippen LogP contribution in [0.4, 0.5) is 13.2 Å². The van der Waals surface area contributed by atoms with Crippen molar-refractivity contribution in [1.82, 2.24) is 4.90 Å². The Morgan fingerprint density at radius 1 is 1.38 bits per heavy atom. The van der Waals surface area contributed by atoms with E-state index < -0.39 is 30.5 Å². The van der Waals surface area contributed by atoms with Crippen molar-refractivity contribution in [3.63, 3.8) is 0 Å². The number of hydrogen-bond donors (Lipinski definition) is 1. The number of halogens is 4. The van der Waals surface area contributed by atoms with Gasteiger partial charge in [-0.05, 0) is 31.0 Å². The van der Waals surface area contributed by atoms with E-state index >= 15 is 0 Å². The first-order valence-corrected chi connectivity index (χ1v) is 6.85.